The number of rotatable bonds is 5. The second-order valence-electron chi connectivity index (χ2n) is 22.9. The molecule has 11 aromatic carbocycles. The molecule has 0 fully saturated rings. The third kappa shape index (κ3) is 6.72. The molecule has 0 unspecified atom stereocenters. The summed E-state index contributed by atoms with van der Waals surface area (Å²) in [5.74, 6) is 0. The Morgan fingerprint density at radius 2 is 0.895 bits per heavy atom. The minimum atomic E-state index is -0.127. The molecule has 0 spiro atoms. The fourth-order valence-electron chi connectivity index (χ4n) is 12.5. The third-order valence-corrected chi connectivity index (χ3v) is 16.3. The average molecular weight is 980 g/mol. The zero-order valence-corrected chi connectivity index (χ0v) is 43.5. The van der Waals surface area contributed by atoms with Crippen LogP contribution in [0.1, 0.15) is 52.7 Å². The van der Waals surface area contributed by atoms with Gasteiger partial charge in [-0.25, -0.2) is 0 Å². The van der Waals surface area contributed by atoms with Crippen molar-refractivity contribution in [2.75, 3.05) is 14.7 Å². The maximum atomic E-state index is 6.91. The van der Waals surface area contributed by atoms with Crippen molar-refractivity contribution in [2.24, 2.45) is 0 Å². The van der Waals surface area contributed by atoms with Crippen LogP contribution in [-0.4, -0.2) is 6.71 Å². The number of para-hydroxylation sites is 3. The Hall–Kier alpha value is -9.00. The fraction of sp³-hybridized carbons (Fsp3) is 0.114. The number of fused-ring (bicyclic) bond motifs is 13. The molecule has 0 saturated carbocycles. The van der Waals surface area contributed by atoms with Gasteiger partial charge < -0.3 is 23.5 Å². The Labute approximate surface area is 442 Å². The molecular weight excluding hydrogens is 926 g/mol. The molecule has 2 aromatic heterocycles. The Bertz CT molecular complexity index is 4520. The first-order chi connectivity index (χ1) is 36.9. The maximum Gasteiger partial charge on any atom is 0.252 e. The van der Waals surface area contributed by atoms with E-state index in [4.69, 9.17) is 8.83 Å². The number of furan rings is 2. The molecule has 0 N–H and O–H groups in total. The molecule has 5 nitrogen and oxygen atoms in total. The van der Waals surface area contributed by atoms with Crippen molar-refractivity contribution in [2.45, 2.75) is 52.4 Å². The SMILES string of the molecule is CC(C)(C)c1ccc(N2c3cc(N(c4ccc5ccc6ccccc6c5c4)c4cccc5c4oc4ccccc45)ccc3B3c4cc5oc6ccccc6c5cc4N(c4ccc(C(C)(C)C)cc4)c4cccc2c43)cc1. The summed E-state index contributed by atoms with van der Waals surface area (Å²) in [6.07, 6.45) is 0. The highest BCUT2D eigenvalue weighted by atomic mass is 16.3. The van der Waals surface area contributed by atoms with Crippen molar-refractivity contribution in [3.05, 3.63) is 230 Å². The van der Waals surface area contributed by atoms with E-state index in [-0.39, 0.29) is 17.5 Å². The molecule has 0 aliphatic carbocycles. The molecule has 0 atom stereocenters. The minimum Gasteiger partial charge on any atom is -0.456 e. The van der Waals surface area contributed by atoms with Gasteiger partial charge in [-0.2, -0.15) is 0 Å². The van der Waals surface area contributed by atoms with Crippen LogP contribution in [0, 0.1) is 0 Å². The van der Waals surface area contributed by atoms with E-state index in [0.29, 0.717) is 0 Å². The first-order valence-electron chi connectivity index (χ1n) is 26.6. The number of hydrogen-bond donors (Lipinski definition) is 0. The molecule has 6 heteroatoms. The fourth-order valence-corrected chi connectivity index (χ4v) is 12.5. The van der Waals surface area contributed by atoms with Gasteiger partial charge in [-0.3, -0.25) is 0 Å². The van der Waals surface area contributed by atoms with Gasteiger partial charge in [0.05, 0.1) is 5.69 Å². The predicted molar refractivity (Wildman–Crippen MR) is 322 cm³/mol. The van der Waals surface area contributed by atoms with E-state index >= 15 is 0 Å². The number of benzene rings is 11. The van der Waals surface area contributed by atoms with Gasteiger partial charge in [0.1, 0.15) is 16.7 Å². The molecule has 2 aliphatic rings. The summed E-state index contributed by atoms with van der Waals surface area (Å²) in [6, 6.07) is 80.7. The van der Waals surface area contributed by atoms with Crippen molar-refractivity contribution in [3.63, 3.8) is 0 Å². The predicted octanol–water partition coefficient (Wildman–Crippen LogP) is 17.9. The van der Waals surface area contributed by atoms with Crippen LogP contribution in [0.4, 0.5) is 51.2 Å². The molecular formula is C70H54BN3O2. The van der Waals surface area contributed by atoms with Gasteiger partial charge in [0.15, 0.2) is 5.58 Å². The van der Waals surface area contributed by atoms with Crippen LogP contribution in [0.2, 0.25) is 0 Å². The standard InChI is InChI=1S/C70H54BN3O2/c1-69(2,3)45-28-33-47(34-29-45)73-59-20-14-21-60-67(59)71(58-42-66-56(53-18-10-11-23-64(53)75-66)41-63(58)74(60)48-35-30-46(31-36-48)70(4,5)6)57-38-37-50(40-62(57)73)72(61-22-13-19-54-52-17-9-12-24-65(52)76-68(54)61)49-32-27-44-26-25-43-15-7-8-16-51(43)55(44)39-49/h7-42H,1-6H3. The first-order valence-corrected chi connectivity index (χ1v) is 26.6. The largest absolute Gasteiger partial charge is 0.456 e. The van der Waals surface area contributed by atoms with E-state index in [9.17, 15) is 0 Å². The van der Waals surface area contributed by atoms with Crippen LogP contribution in [0.25, 0.3) is 65.4 Å². The van der Waals surface area contributed by atoms with Crippen LogP contribution in [0.15, 0.2) is 227 Å². The molecule has 4 heterocycles. The van der Waals surface area contributed by atoms with E-state index in [1.807, 2.05) is 0 Å². The summed E-state index contributed by atoms with van der Waals surface area (Å²) in [6.45, 7) is 13.6. The van der Waals surface area contributed by atoms with E-state index < -0.39 is 0 Å². The first kappa shape index (κ1) is 44.5. The van der Waals surface area contributed by atoms with Crippen molar-refractivity contribution < 1.29 is 8.83 Å². The summed E-state index contributed by atoms with van der Waals surface area (Å²) in [7, 11) is 0. The maximum absolute atomic E-state index is 6.91. The van der Waals surface area contributed by atoms with E-state index in [1.165, 1.54) is 54.7 Å². The van der Waals surface area contributed by atoms with E-state index in [0.717, 1.165) is 89.4 Å². The van der Waals surface area contributed by atoms with Gasteiger partial charge in [-0.15, -0.1) is 0 Å². The van der Waals surface area contributed by atoms with E-state index in [2.05, 4.69) is 275 Å². The van der Waals surface area contributed by atoms with Gasteiger partial charge in [0.25, 0.3) is 6.71 Å². The summed E-state index contributed by atoms with van der Waals surface area (Å²) >= 11 is 0. The molecule has 2 aliphatic heterocycles. The van der Waals surface area contributed by atoms with Gasteiger partial charge >= 0.3 is 0 Å². The highest BCUT2D eigenvalue weighted by Gasteiger charge is 2.44. The molecule has 15 rings (SSSR count). The van der Waals surface area contributed by atoms with Gasteiger partial charge in [-0.1, -0.05) is 169 Å². The quantitative estimate of drug-likeness (QED) is 0.127. The molecule has 0 radical (unpaired) electrons. The number of anilines is 9. The molecule has 13 aromatic rings. The zero-order valence-electron chi connectivity index (χ0n) is 43.5. The van der Waals surface area contributed by atoms with Crippen molar-refractivity contribution in [1.29, 1.82) is 0 Å². The van der Waals surface area contributed by atoms with Gasteiger partial charge in [-0.05, 0) is 151 Å². The Kier molecular flexibility index (Phi) is 9.51. The highest BCUT2D eigenvalue weighted by molar-refractivity contribution is 7.00. The Balaban J connectivity index is 1.01. The van der Waals surface area contributed by atoms with Crippen LogP contribution >= 0.6 is 0 Å². The monoisotopic (exact) mass is 979 g/mol. The van der Waals surface area contributed by atoms with Gasteiger partial charge in [0.2, 0.25) is 0 Å². The topological polar surface area (TPSA) is 36.0 Å². The summed E-state index contributed by atoms with van der Waals surface area (Å²) in [5, 5.41) is 9.23. The van der Waals surface area contributed by atoms with Crippen LogP contribution in [0.5, 0.6) is 0 Å². The lowest BCUT2D eigenvalue weighted by Gasteiger charge is -2.44. The van der Waals surface area contributed by atoms with Crippen LogP contribution < -0.4 is 31.1 Å². The van der Waals surface area contributed by atoms with Crippen molar-refractivity contribution in [1.82, 2.24) is 0 Å². The Morgan fingerprint density at radius 1 is 0.368 bits per heavy atom. The smallest absolute Gasteiger partial charge is 0.252 e. The second-order valence-corrected chi connectivity index (χ2v) is 22.9. The normalized spacial score (nSPS) is 13.3. The van der Waals surface area contributed by atoms with Crippen LogP contribution in [0.3, 0.4) is 0 Å². The highest BCUT2D eigenvalue weighted by Crippen LogP contribution is 2.49. The number of hydrogen-bond acceptors (Lipinski definition) is 5. The van der Waals surface area contributed by atoms with E-state index in [1.54, 1.807) is 0 Å². The molecule has 76 heavy (non-hydrogen) atoms. The zero-order chi connectivity index (χ0) is 51.2. The Morgan fingerprint density at radius 3 is 1.57 bits per heavy atom. The molecule has 0 bridgehead atoms. The lowest BCUT2D eigenvalue weighted by Crippen LogP contribution is -2.61. The molecule has 364 valence electrons. The summed E-state index contributed by atoms with van der Waals surface area (Å²) in [5.41, 5.74) is 19.6. The second kappa shape index (κ2) is 16.3. The van der Waals surface area contributed by atoms with Crippen molar-refractivity contribution >= 4 is 140 Å². The summed E-state index contributed by atoms with van der Waals surface area (Å²) in [4.78, 5) is 7.42. The minimum absolute atomic E-state index is 0.0133. The molecule has 0 saturated heterocycles. The summed E-state index contributed by atoms with van der Waals surface area (Å²) < 4.78 is 13.7. The third-order valence-electron chi connectivity index (χ3n) is 16.3. The van der Waals surface area contributed by atoms with Crippen molar-refractivity contribution in [3.8, 4) is 0 Å². The van der Waals surface area contributed by atoms with Gasteiger partial charge in [0, 0.05) is 67.0 Å². The molecule has 0 amide bonds. The lowest BCUT2D eigenvalue weighted by molar-refractivity contribution is 0.590. The van der Waals surface area contributed by atoms with Crippen LogP contribution in [-0.2, 0) is 10.8 Å². The lowest BCUT2D eigenvalue weighted by atomic mass is 9.33. The average Bonchev–Trinajstić information content (AvgIpc) is 4.15. The number of nitrogens with zero attached hydrogens (tertiary/aromatic N) is 3.